The molecular formula is C10H5NO3. The molecule has 1 aromatic carbocycles. The van der Waals surface area contributed by atoms with Gasteiger partial charge in [-0.15, -0.1) is 0 Å². The van der Waals surface area contributed by atoms with Crippen LogP contribution in [0, 0.1) is 0 Å². The fourth-order valence-corrected chi connectivity index (χ4v) is 1.19. The van der Waals surface area contributed by atoms with Crippen molar-refractivity contribution in [2.24, 2.45) is 4.99 Å². The zero-order chi connectivity index (χ0) is 9.97. The lowest BCUT2D eigenvalue weighted by Crippen LogP contribution is -1.96. The van der Waals surface area contributed by atoms with Gasteiger partial charge >= 0.3 is 0 Å². The Hall–Kier alpha value is -2.19. The molecule has 14 heavy (non-hydrogen) atoms. The summed E-state index contributed by atoms with van der Waals surface area (Å²) >= 11 is 0. The molecule has 2 rings (SSSR count). The molecule has 4 heteroatoms. The van der Waals surface area contributed by atoms with E-state index in [0.717, 1.165) is 0 Å². The van der Waals surface area contributed by atoms with Gasteiger partial charge in [-0.25, -0.2) is 4.79 Å². The molecule has 0 radical (unpaired) electrons. The van der Waals surface area contributed by atoms with Gasteiger partial charge in [-0.1, -0.05) is 0 Å². The van der Waals surface area contributed by atoms with E-state index in [1.54, 1.807) is 12.1 Å². The van der Waals surface area contributed by atoms with Crippen molar-refractivity contribution in [2.75, 3.05) is 0 Å². The van der Waals surface area contributed by atoms with E-state index in [2.05, 4.69) is 4.99 Å². The summed E-state index contributed by atoms with van der Waals surface area (Å²) in [6.07, 6.45) is 2.74. The van der Waals surface area contributed by atoms with Gasteiger partial charge in [-0.05, 0) is 18.2 Å². The summed E-state index contributed by atoms with van der Waals surface area (Å²) in [5, 5.41) is 0.406. The van der Waals surface area contributed by atoms with E-state index in [0.29, 0.717) is 16.7 Å². The molecule has 68 valence electrons. The van der Waals surface area contributed by atoms with Gasteiger partial charge in [-0.3, -0.25) is 4.79 Å². The molecule has 0 spiro atoms. The zero-order valence-electron chi connectivity index (χ0n) is 7.06. The van der Waals surface area contributed by atoms with Crippen LogP contribution in [-0.2, 0) is 4.79 Å². The van der Waals surface area contributed by atoms with Crippen LogP contribution in [0.2, 0.25) is 0 Å². The van der Waals surface area contributed by atoms with Gasteiger partial charge in [0.15, 0.2) is 5.43 Å². The normalized spacial score (nSPS) is 9.71. The highest BCUT2D eigenvalue weighted by molar-refractivity contribution is 5.80. The molecule has 4 nitrogen and oxygen atoms in total. The molecule has 2 aromatic rings. The van der Waals surface area contributed by atoms with E-state index in [1.807, 2.05) is 0 Å². The van der Waals surface area contributed by atoms with Crippen molar-refractivity contribution in [3.8, 4) is 0 Å². The monoisotopic (exact) mass is 187 g/mol. The third-order valence-corrected chi connectivity index (χ3v) is 1.82. The number of fused-ring (bicyclic) bond motifs is 1. The molecule has 0 unspecified atom stereocenters. The summed E-state index contributed by atoms with van der Waals surface area (Å²) in [5.74, 6) is 0. The van der Waals surface area contributed by atoms with Crippen LogP contribution in [0.1, 0.15) is 0 Å². The van der Waals surface area contributed by atoms with Crippen LogP contribution < -0.4 is 5.43 Å². The first-order chi connectivity index (χ1) is 6.81. The lowest BCUT2D eigenvalue weighted by molar-refractivity contribution is 0.565. The Morgan fingerprint density at radius 2 is 2.14 bits per heavy atom. The highest BCUT2D eigenvalue weighted by Gasteiger charge is 2.00. The van der Waals surface area contributed by atoms with Crippen molar-refractivity contribution in [2.45, 2.75) is 0 Å². The molecule has 0 amide bonds. The van der Waals surface area contributed by atoms with E-state index in [9.17, 15) is 9.59 Å². The third kappa shape index (κ3) is 1.34. The number of rotatable bonds is 1. The zero-order valence-corrected chi connectivity index (χ0v) is 7.06. The van der Waals surface area contributed by atoms with E-state index >= 15 is 0 Å². The fraction of sp³-hybridized carbons (Fsp3) is 0. The fourth-order valence-electron chi connectivity index (χ4n) is 1.19. The lowest BCUT2D eigenvalue weighted by atomic mass is 10.2. The maximum absolute atomic E-state index is 11.3. The molecule has 0 saturated heterocycles. The number of hydrogen-bond donors (Lipinski definition) is 0. The van der Waals surface area contributed by atoms with Gasteiger partial charge in [0.1, 0.15) is 5.58 Å². The first kappa shape index (κ1) is 8.41. The van der Waals surface area contributed by atoms with Crippen molar-refractivity contribution in [3.63, 3.8) is 0 Å². The molecule has 1 heterocycles. The summed E-state index contributed by atoms with van der Waals surface area (Å²) in [6, 6.07) is 5.98. The first-order valence-corrected chi connectivity index (χ1v) is 3.91. The number of benzene rings is 1. The number of carbonyl (C=O) groups excluding carboxylic acids is 1. The smallest absolute Gasteiger partial charge is 0.240 e. The Morgan fingerprint density at radius 3 is 2.93 bits per heavy atom. The Bertz CT molecular complexity index is 579. The second-order valence-corrected chi connectivity index (χ2v) is 2.67. The van der Waals surface area contributed by atoms with Crippen molar-refractivity contribution in [1.29, 1.82) is 0 Å². The second-order valence-electron chi connectivity index (χ2n) is 2.67. The van der Waals surface area contributed by atoms with Gasteiger partial charge in [0.25, 0.3) is 0 Å². The van der Waals surface area contributed by atoms with E-state index in [1.165, 1.54) is 24.5 Å². The van der Waals surface area contributed by atoms with E-state index in [-0.39, 0.29) is 5.43 Å². The summed E-state index contributed by atoms with van der Waals surface area (Å²) in [4.78, 5) is 24.7. The second kappa shape index (κ2) is 3.28. The van der Waals surface area contributed by atoms with Gasteiger partial charge in [0, 0.05) is 6.07 Å². The van der Waals surface area contributed by atoms with Gasteiger partial charge in [0.2, 0.25) is 6.08 Å². The van der Waals surface area contributed by atoms with Crippen LogP contribution in [0.3, 0.4) is 0 Å². The minimum atomic E-state index is -0.158. The van der Waals surface area contributed by atoms with Crippen LogP contribution in [0.4, 0.5) is 5.69 Å². The Morgan fingerprint density at radius 1 is 1.29 bits per heavy atom. The minimum Gasteiger partial charge on any atom is -0.464 e. The molecule has 1 aromatic heterocycles. The van der Waals surface area contributed by atoms with Crippen LogP contribution in [0.5, 0.6) is 0 Å². The summed E-state index contributed by atoms with van der Waals surface area (Å²) in [7, 11) is 0. The summed E-state index contributed by atoms with van der Waals surface area (Å²) in [5.41, 5.74) is 0.711. The van der Waals surface area contributed by atoms with Crippen molar-refractivity contribution >= 4 is 22.7 Å². The number of isocyanates is 1. The van der Waals surface area contributed by atoms with Crippen LogP contribution in [-0.4, -0.2) is 6.08 Å². The standard InChI is InChI=1S/C10H5NO3/c12-6-11-7-1-2-10-8(5-7)9(13)3-4-14-10/h1-5H. The van der Waals surface area contributed by atoms with Crippen LogP contribution in [0.15, 0.2) is 44.7 Å². The van der Waals surface area contributed by atoms with Crippen molar-refractivity contribution < 1.29 is 9.21 Å². The molecule has 0 saturated carbocycles. The summed E-state index contributed by atoms with van der Waals surface area (Å²) in [6.45, 7) is 0. The largest absolute Gasteiger partial charge is 0.464 e. The maximum Gasteiger partial charge on any atom is 0.240 e. The molecule has 0 N–H and O–H groups in total. The maximum atomic E-state index is 11.3. The van der Waals surface area contributed by atoms with Crippen molar-refractivity contribution in [1.82, 2.24) is 0 Å². The van der Waals surface area contributed by atoms with Gasteiger partial charge in [-0.2, -0.15) is 4.99 Å². The highest BCUT2D eigenvalue weighted by Crippen LogP contribution is 2.17. The lowest BCUT2D eigenvalue weighted by Gasteiger charge is -1.95. The molecule has 0 aliphatic carbocycles. The average Bonchev–Trinajstić information content (AvgIpc) is 2.20. The first-order valence-electron chi connectivity index (χ1n) is 3.91. The van der Waals surface area contributed by atoms with Crippen LogP contribution in [0.25, 0.3) is 11.0 Å². The number of nitrogens with zero attached hydrogens (tertiary/aromatic N) is 1. The van der Waals surface area contributed by atoms with E-state index in [4.69, 9.17) is 4.42 Å². The Kier molecular flexibility index (Phi) is 1.97. The predicted molar refractivity (Wildman–Crippen MR) is 50.3 cm³/mol. The average molecular weight is 187 g/mol. The topological polar surface area (TPSA) is 59.6 Å². The quantitative estimate of drug-likeness (QED) is 0.504. The van der Waals surface area contributed by atoms with Crippen molar-refractivity contribution in [3.05, 3.63) is 40.8 Å². The third-order valence-electron chi connectivity index (χ3n) is 1.82. The molecule has 0 aliphatic rings. The minimum absolute atomic E-state index is 0.158. The Labute approximate surface area is 78.5 Å². The molecular weight excluding hydrogens is 182 g/mol. The van der Waals surface area contributed by atoms with E-state index < -0.39 is 0 Å². The highest BCUT2D eigenvalue weighted by atomic mass is 16.3. The SMILES string of the molecule is O=C=Nc1ccc2occc(=O)c2c1. The van der Waals surface area contributed by atoms with Gasteiger partial charge < -0.3 is 4.42 Å². The van der Waals surface area contributed by atoms with Crippen LogP contribution >= 0.6 is 0 Å². The molecule has 0 atom stereocenters. The number of aliphatic imine (C=N–C) groups is 1. The molecule has 0 fully saturated rings. The molecule has 0 aliphatic heterocycles. The summed E-state index contributed by atoms with van der Waals surface area (Å²) < 4.78 is 5.09. The number of hydrogen-bond acceptors (Lipinski definition) is 4. The van der Waals surface area contributed by atoms with Gasteiger partial charge in [0.05, 0.1) is 17.3 Å². The Balaban J connectivity index is 2.82. The molecule has 0 bridgehead atoms. The predicted octanol–water partition coefficient (Wildman–Crippen LogP) is 1.76.